The van der Waals surface area contributed by atoms with Gasteiger partial charge in [0.05, 0.1) is 6.61 Å². The summed E-state index contributed by atoms with van der Waals surface area (Å²) in [6, 6.07) is 0.781. The number of hydrogen-bond acceptors (Lipinski definition) is 4. The first-order valence-corrected chi connectivity index (χ1v) is 8.05. The molecule has 1 saturated heterocycles. The normalized spacial score (nSPS) is 21.6. The molecule has 1 fully saturated rings. The van der Waals surface area contributed by atoms with Gasteiger partial charge in [0.2, 0.25) is 0 Å². The van der Waals surface area contributed by atoms with Crippen molar-refractivity contribution in [2.75, 3.05) is 6.61 Å². The molecule has 0 amide bonds. The average Bonchev–Trinajstić information content (AvgIpc) is 2.09. The van der Waals surface area contributed by atoms with E-state index in [1.807, 2.05) is 27.7 Å². The topological polar surface area (TPSA) is 36.9 Å². The highest BCUT2D eigenvalue weighted by molar-refractivity contribution is 6.60. The van der Waals surface area contributed by atoms with E-state index in [1.165, 1.54) is 0 Å². The van der Waals surface area contributed by atoms with E-state index in [-0.39, 0.29) is 18.5 Å². The summed E-state index contributed by atoms with van der Waals surface area (Å²) in [4.78, 5) is 0. The van der Waals surface area contributed by atoms with Crippen LogP contribution in [0.1, 0.15) is 41.0 Å². The SMILES string of the molecule is CC[Si](OC(C)C)(OC(C)C)OC1CCO1. The Hall–Kier alpha value is 0.0569. The molecule has 1 rings (SSSR count). The van der Waals surface area contributed by atoms with E-state index in [0.717, 1.165) is 19.1 Å². The Kier molecular flexibility index (Phi) is 5.40. The lowest BCUT2D eigenvalue weighted by Gasteiger charge is -2.38. The van der Waals surface area contributed by atoms with Gasteiger partial charge in [0.1, 0.15) is 0 Å². The molecule has 0 aromatic carbocycles. The molecule has 1 aliphatic rings. The molecule has 1 aliphatic heterocycles. The molecule has 4 nitrogen and oxygen atoms in total. The third kappa shape index (κ3) is 4.14. The van der Waals surface area contributed by atoms with Gasteiger partial charge in [0.25, 0.3) is 0 Å². The minimum absolute atomic E-state index is 0.116. The molecule has 0 bridgehead atoms. The lowest BCUT2D eigenvalue weighted by molar-refractivity contribution is -0.195. The minimum Gasteiger partial charge on any atom is -0.371 e. The molecule has 16 heavy (non-hydrogen) atoms. The first-order valence-electron chi connectivity index (χ1n) is 6.12. The van der Waals surface area contributed by atoms with E-state index in [9.17, 15) is 0 Å². The fourth-order valence-electron chi connectivity index (χ4n) is 1.56. The molecule has 0 radical (unpaired) electrons. The predicted molar refractivity (Wildman–Crippen MR) is 64.1 cm³/mol. The lowest BCUT2D eigenvalue weighted by atomic mass is 10.4. The van der Waals surface area contributed by atoms with Crippen molar-refractivity contribution >= 4 is 8.80 Å². The Morgan fingerprint density at radius 3 is 1.94 bits per heavy atom. The molecule has 0 saturated carbocycles. The van der Waals surface area contributed by atoms with Gasteiger partial charge in [0.15, 0.2) is 6.29 Å². The van der Waals surface area contributed by atoms with Gasteiger partial charge in [-0.2, -0.15) is 0 Å². The number of ether oxygens (including phenoxy) is 1. The number of rotatable bonds is 7. The maximum absolute atomic E-state index is 5.92. The Bertz CT molecular complexity index is 194. The second kappa shape index (κ2) is 6.12. The van der Waals surface area contributed by atoms with E-state index in [4.69, 9.17) is 18.0 Å². The van der Waals surface area contributed by atoms with Gasteiger partial charge in [-0.25, -0.2) is 0 Å². The van der Waals surface area contributed by atoms with Crippen LogP contribution in [0.3, 0.4) is 0 Å². The van der Waals surface area contributed by atoms with Crippen LogP contribution in [0.15, 0.2) is 0 Å². The second-order valence-corrected chi connectivity index (χ2v) is 7.36. The van der Waals surface area contributed by atoms with Gasteiger partial charge < -0.3 is 18.0 Å². The minimum atomic E-state index is -2.55. The zero-order valence-electron chi connectivity index (χ0n) is 11.0. The summed E-state index contributed by atoms with van der Waals surface area (Å²) in [6.45, 7) is 10.9. The van der Waals surface area contributed by atoms with Crippen LogP contribution in [0, 0.1) is 0 Å². The molecule has 1 atom stereocenters. The Balaban J connectivity index is 2.61. The van der Waals surface area contributed by atoms with Crippen LogP contribution in [0.2, 0.25) is 6.04 Å². The van der Waals surface area contributed by atoms with Gasteiger partial charge in [0, 0.05) is 24.7 Å². The van der Waals surface area contributed by atoms with Crippen molar-refractivity contribution in [2.45, 2.75) is 65.6 Å². The van der Waals surface area contributed by atoms with Crippen molar-refractivity contribution in [1.82, 2.24) is 0 Å². The highest BCUT2D eigenvalue weighted by Crippen LogP contribution is 2.25. The van der Waals surface area contributed by atoms with Gasteiger partial charge in [-0.3, -0.25) is 0 Å². The summed E-state index contributed by atoms with van der Waals surface area (Å²) in [5.74, 6) is 0. The molecular weight excluding hydrogens is 224 g/mol. The third-order valence-electron chi connectivity index (χ3n) is 2.23. The zero-order valence-corrected chi connectivity index (χ0v) is 12.0. The van der Waals surface area contributed by atoms with Crippen LogP contribution in [-0.4, -0.2) is 33.9 Å². The molecular formula is C11H24O4Si. The van der Waals surface area contributed by atoms with Crippen molar-refractivity contribution in [2.24, 2.45) is 0 Å². The Morgan fingerprint density at radius 1 is 1.19 bits per heavy atom. The summed E-state index contributed by atoms with van der Waals surface area (Å²) < 4.78 is 23.1. The van der Waals surface area contributed by atoms with E-state index in [0.29, 0.717) is 0 Å². The molecule has 1 unspecified atom stereocenters. The molecule has 0 spiro atoms. The monoisotopic (exact) mass is 248 g/mol. The zero-order chi connectivity index (χ0) is 12.2. The fraction of sp³-hybridized carbons (Fsp3) is 1.00. The van der Waals surface area contributed by atoms with E-state index in [2.05, 4.69) is 6.92 Å². The van der Waals surface area contributed by atoms with E-state index < -0.39 is 8.80 Å². The largest absolute Gasteiger partial charge is 0.503 e. The molecule has 0 aromatic heterocycles. The first kappa shape index (κ1) is 14.1. The molecule has 5 heteroatoms. The predicted octanol–water partition coefficient (Wildman–Crippen LogP) is 2.56. The van der Waals surface area contributed by atoms with Crippen LogP contribution in [-0.2, 0) is 18.0 Å². The first-order chi connectivity index (χ1) is 7.47. The number of hydrogen-bond donors (Lipinski definition) is 0. The highest BCUT2D eigenvalue weighted by Gasteiger charge is 2.45. The van der Waals surface area contributed by atoms with Gasteiger partial charge in [-0.05, 0) is 27.7 Å². The van der Waals surface area contributed by atoms with Crippen LogP contribution < -0.4 is 0 Å². The molecule has 1 heterocycles. The summed E-state index contributed by atoms with van der Waals surface area (Å²) in [5.41, 5.74) is 0. The van der Waals surface area contributed by atoms with Crippen molar-refractivity contribution in [3.8, 4) is 0 Å². The van der Waals surface area contributed by atoms with Crippen LogP contribution in [0.25, 0.3) is 0 Å². The molecule has 0 N–H and O–H groups in total. The second-order valence-electron chi connectivity index (χ2n) is 4.58. The third-order valence-corrected chi connectivity index (χ3v) is 5.38. The fourth-order valence-corrected chi connectivity index (χ4v) is 4.25. The van der Waals surface area contributed by atoms with Gasteiger partial charge in [-0.1, -0.05) is 6.92 Å². The average molecular weight is 248 g/mol. The smallest absolute Gasteiger partial charge is 0.371 e. The van der Waals surface area contributed by atoms with Crippen molar-refractivity contribution < 1.29 is 18.0 Å². The van der Waals surface area contributed by atoms with Crippen molar-refractivity contribution in [3.63, 3.8) is 0 Å². The summed E-state index contributed by atoms with van der Waals surface area (Å²) >= 11 is 0. The van der Waals surface area contributed by atoms with Crippen molar-refractivity contribution in [1.29, 1.82) is 0 Å². The van der Waals surface area contributed by atoms with Crippen LogP contribution >= 0.6 is 0 Å². The molecule has 0 aliphatic carbocycles. The van der Waals surface area contributed by atoms with Crippen LogP contribution in [0.4, 0.5) is 0 Å². The summed E-state index contributed by atoms with van der Waals surface area (Å²) in [5, 5.41) is 0. The Morgan fingerprint density at radius 2 is 1.69 bits per heavy atom. The highest BCUT2D eigenvalue weighted by atomic mass is 28.4. The quantitative estimate of drug-likeness (QED) is 0.649. The molecule has 0 aromatic rings. The van der Waals surface area contributed by atoms with E-state index in [1.54, 1.807) is 0 Å². The van der Waals surface area contributed by atoms with Gasteiger partial charge >= 0.3 is 8.80 Å². The van der Waals surface area contributed by atoms with Crippen LogP contribution in [0.5, 0.6) is 0 Å². The summed E-state index contributed by atoms with van der Waals surface area (Å²) in [6.07, 6.45) is 1.05. The maximum Gasteiger partial charge on any atom is 0.503 e. The van der Waals surface area contributed by atoms with Gasteiger partial charge in [-0.15, -0.1) is 0 Å². The maximum atomic E-state index is 5.92. The Labute approximate surface area is 99.6 Å². The summed E-state index contributed by atoms with van der Waals surface area (Å²) in [7, 11) is -2.55. The lowest BCUT2D eigenvalue weighted by Crippen LogP contribution is -2.53. The molecule has 96 valence electrons. The van der Waals surface area contributed by atoms with Crippen molar-refractivity contribution in [3.05, 3.63) is 0 Å². The van der Waals surface area contributed by atoms with E-state index >= 15 is 0 Å². The standard InChI is InChI=1S/C11H24O4Si/c1-6-16(13-9(2)3,14-10(4)5)15-11-7-8-12-11/h9-11H,6-8H2,1-5H3.